The fraction of sp³-hybridized carbons (Fsp3) is 0.150. The van der Waals surface area contributed by atoms with Crippen LogP contribution in [0.4, 0.5) is 5.69 Å². The Morgan fingerprint density at radius 3 is 2.31 bits per heavy atom. The highest BCUT2D eigenvalue weighted by Gasteiger charge is 2.14. The number of fused-ring (bicyclic) bond motifs is 1. The van der Waals surface area contributed by atoms with Crippen molar-refractivity contribution in [2.24, 2.45) is 0 Å². The Morgan fingerprint density at radius 1 is 0.923 bits per heavy atom. The van der Waals surface area contributed by atoms with Gasteiger partial charge in [-0.2, -0.15) is 0 Å². The van der Waals surface area contributed by atoms with Crippen LogP contribution in [0.15, 0.2) is 71.6 Å². The van der Waals surface area contributed by atoms with Crippen LogP contribution in [0.1, 0.15) is 12.5 Å². The Kier molecular flexibility index (Phi) is 5.23. The predicted octanol–water partition coefficient (Wildman–Crippen LogP) is 3.32. The Morgan fingerprint density at radius 2 is 1.62 bits per heavy atom. The monoisotopic (exact) mass is 368 g/mol. The predicted molar refractivity (Wildman–Crippen MR) is 104 cm³/mol. The first-order valence-corrected chi connectivity index (χ1v) is 9.83. The minimum atomic E-state index is -3.68. The SMILES string of the molecule is CCNC(=O)Cc1ccc(NS(=O)(=O)c2ccc3ccccc3c2)cc1. The largest absolute Gasteiger partial charge is 0.356 e. The summed E-state index contributed by atoms with van der Waals surface area (Å²) in [5, 5.41) is 4.59. The van der Waals surface area contributed by atoms with Gasteiger partial charge in [-0.05, 0) is 47.5 Å². The van der Waals surface area contributed by atoms with Crippen LogP contribution in [0.3, 0.4) is 0 Å². The first-order chi connectivity index (χ1) is 12.5. The van der Waals surface area contributed by atoms with Crippen molar-refractivity contribution in [3.05, 3.63) is 72.3 Å². The Hall–Kier alpha value is -2.86. The molecule has 0 atom stereocenters. The van der Waals surface area contributed by atoms with Crippen molar-refractivity contribution in [3.63, 3.8) is 0 Å². The lowest BCUT2D eigenvalue weighted by Gasteiger charge is -2.10. The third kappa shape index (κ3) is 4.21. The lowest BCUT2D eigenvalue weighted by molar-refractivity contribution is -0.120. The highest BCUT2D eigenvalue weighted by Crippen LogP contribution is 2.21. The molecule has 0 bridgehead atoms. The van der Waals surface area contributed by atoms with Crippen molar-refractivity contribution in [3.8, 4) is 0 Å². The van der Waals surface area contributed by atoms with Crippen LogP contribution in [-0.2, 0) is 21.2 Å². The molecular weight excluding hydrogens is 348 g/mol. The quantitative estimate of drug-likeness (QED) is 0.701. The number of carbonyl (C=O) groups excluding carboxylic acids is 1. The molecule has 0 aliphatic carbocycles. The molecule has 1 amide bonds. The minimum Gasteiger partial charge on any atom is -0.356 e. The number of amides is 1. The Labute approximate surface area is 153 Å². The van der Waals surface area contributed by atoms with Crippen LogP contribution >= 0.6 is 0 Å². The molecule has 0 heterocycles. The zero-order valence-corrected chi connectivity index (χ0v) is 15.2. The first-order valence-electron chi connectivity index (χ1n) is 8.35. The van der Waals surface area contributed by atoms with Gasteiger partial charge in [0.05, 0.1) is 11.3 Å². The van der Waals surface area contributed by atoms with Crippen molar-refractivity contribution < 1.29 is 13.2 Å². The molecule has 2 N–H and O–H groups in total. The Bertz CT molecular complexity index is 1030. The molecule has 3 rings (SSSR count). The van der Waals surface area contributed by atoms with E-state index in [2.05, 4.69) is 10.0 Å². The second kappa shape index (κ2) is 7.58. The second-order valence-electron chi connectivity index (χ2n) is 5.94. The van der Waals surface area contributed by atoms with Gasteiger partial charge < -0.3 is 5.32 Å². The average molecular weight is 368 g/mol. The maximum Gasteiger partial charge on any atom is 0.261 e. The molecule has 0 spiro atoms. The fourth-order valence-electron chi connectivity index (χ4n) is 2.68. The highest BCUT2D eigenvalue weighted by atomic mass is 32.2. The third-order valence-corrected chi connectivity index (χ3v) is 5.35. The Balaban J connectivity index is 1.77. The highest BCUT2D eigenvalue weighted by molar-refractivity contribution is 7.92. The van der Waals surface area contributed by atoms with E-state index in [-0.39, 0.29) is 17.2 Å². The van der Waals surface area contributed by atoms with E-state index in [1.54, 1.807) is 42.5 Å². The van der Waals surface area contributed by atoms with Gasteiger partial charge in [0, 0.05) is 12.2 Å². The summed E-state index contributed by atoms with van der Waals surface area (Å²) in [4.78, 5) is 11.8. The molecule has 0 aromatic heterocycles. The molecule has 26 heavy (non-hydrogen) atoms. The summed E-state index contributed by atoms with van der Waals surface area (Å²) in [6.45, 7) is 2.45. The number of carbonyl (C=O) groups is 1. The average Bonchev–Trinajstić information content (AvgIpc) is 2.63. The van der Waals surface area contributed by atoms with Gasteiger partial charge in [0.1, 0.15) is 0 Å². The van der Waals surface area contributed by atoms with E-state index in [1.165, 1.54) is 0 Å². The summed E-state index contributed by atoms with van der Waals surface area (Å²) in [6, 6.07) is 19.4. The van der Waals surface area contributed by atoms with Crippen LogP contribution in [-0.4, -0.2) is 20.9 Å². The lowest BCUT2D eigenvalue weighted by atomic mass is 10.1. The third-order valence-electron chi connectivity index (χ3n) is 3.98. The lowest BCUT2D eigenvalue weighted by Crippen LogP contribution is -2.24. The van der Waals surface area contributed by atoms with Gasteiger partial charge in [0.15, 0.2) is 0 Å². The van der Waals surface area contributed by atoms with E-state index in [9.17, 15) is 13.2 Å². The number of hydrogen-bond donors (Lipinski definition) is 2. The summed E-state index contributed by atoms with van der Waals surface area (Å²) >= 11 is 0. The van der Waals surface area contributed by atoms with Crippen molar-refractivity contribution in [1.82, 2.24) is 5.32 Å². The summed E-state index contributed by atoms with van der Waals surface area (Å²) in [6.07, 6.45) is 0.269. The van der Waals surface area contributed by atoms with E-state index in [1.807, 2.05) is 31.2 Å². The maximum absolute atomic E-state index is 12.6. The molecule has 3 aromatic rings. The molecule has 0 fully saturated rings. The number of benzene rings is 3. The number of nitrogens with one attached hydrogen (secondary N) is 2. The van der Waals surface area contributed by atoms with E-state index in [4.69, 9.17) is 0 Å². The summed E-state index contributed by atoms with van der Waals surface area (Å²) in [5.41, 5.74) is 1.28. The number of likely N-dealkylation sites (N-methyl/N-ethyl adjacent to an activating group) is 1. The van der Waals surface area contributed by atoms with Gasteiger partial charge in [-0.25, -0.2) is 8.42 Å². The topological polar surface area (TPSA) is 75.3 Å². The smallest absolute Gasteiger partial charge is 0.261 e. The van der Waals surface area contributed by atoms with Crippen LogP contribution in [0.25, 0.3) is 10.8 Å². The van der Waals surface area contributed by atoms with E-state index >= 15 is 0 Å². The zero-order valence-electron chi connectivity index (χ0n) is 14.4. The summed E-state index contributed by atoms with van der Waals surface area (Å²) in [5.74, 6) is -0.0583. The van der Waals surface area contributed by atoms with Gasteiger partial charge in [0.25, 0.3) is 10.0 Å². The van der Waals surface area contributed by atoms with Gasteiger partial charge in [-0.3, -0.25) is 9.52 Å². The molecular formula is C20H20N2O3S. The van der Waals surface area contributed by atoms with E-state index in [0.717, 1.165) is 16.3 Å². The summed E-state index contributed by atoms with van der Waals surface area (Å²) in [7, 11) is -3.68. The van der Waals surface area contributed by atoms with E-state index in [0.29, 0.717) is 12.2 Å². The molecule has 3 aromatic carbocycles. The van der Waals surface area contributed by atoms with Crippen molar-refractivity contribution in [1.29, 1.82) is 0 Å². The molecule has 0 saturated heterocycles. The number of sulfonamides is 1. The van der Waals surface area contributed by atoms with E-state index < -0.39 is 10.0 Å². The van der Waals surface area contributed by atoms with Crippen LogP contribution in [0.2, 0.25) is 0 Å². The minimum absolute atomic E-state index is 0.0583. The normalized spacial score (nSPS) is 11.3. The van der Waals surface area contributed by atoms with Gasteiger partial charge >= 0.3 is 0 Å². The molecule has 0 radical (unpaired) electrons. The molecule has 0 aliphatic rings. The van der Waals surface area contributed by atoms with Crippen molar-refractivity contribution in [2.75, 3.05) is 11.3 Å². The standard InChI is InChI=1S/C20H20N2O3S/c1-2-21-20(23)13-15-7-10-18(11-8-15)22-26(24,25)19-12-9-16-5-3-4-6-17(16)14-19/h3-12,14,22H,2,13H2,1H3,(H,21,23). The zero-order chi connectivity index (χ0) is 18.6. The van der Waals surface area contributed by atoms with Crippen LogP contribution < -0.4 is 10.0 Å². The van der Waals surface area contributed by atoms with Gasteiger partial charge in [0.2, 0.25) is 5.91 Å². The molecule has 6 heteroatoms. The summed E-state index contributed by atoms with van der Waals surface area (Å²) < 4.78 is 27.8. The maximum atomic E-state index is 12.6. The van der Waals surface area contributed by atoms with Crippen molar-refractivity contribution in [2.45, 2.75) is 18.2 Å². The van der Waals surface area contributed by atoms with Crippen molar-refractivity contribution >= 4 is 32.4 Å². The molecule has 0 aliphatic heterocycles. The fourth-order valence-corrected chi connectivity index (χ4v) is 3.78. The molecule has 134 valence electrons. The second-order valence-corrected chi connectivity index (χ2v) is 7.62. The molecule has 0 unspecified atom stereocenters. The van der Waals surface area contributed by atoms with Gasteiger partial charge in [-0.15, -0.1) is 0 Å². The van der Waals surface area contributed by atoms with Crippen LogP contribution in [0.5, 0.6) is 0 Å². The number of hydrogen-bond acceptors (Lipinski definition) is 3. The van der Waals surface area contributed by atoms with Crippen LogP contribution in [0, 0.1) is 0 Å². The molecule has 5 nitrogen and oxygen atoms in total. The first kappa shape index (κ1) is 17.9. The number of anilines is 1. The molecule has 0 saturated carbocycles. The van der Waals surface area contributed by atoms with Gasteiger partial charge in [-0.1, -0.05) is 42.5 Å². The number of rotatable bonds is 6.